The molecule has 1 N–H and O–H groups in total. The largest absolute Gasteiger partial charge is 0.490 e. The minimum atomic E-state index is 0.392. The Bertz CT molecular complexity index is 373. The molecule has 0 aromatic carbocycles. The van der Waals surface area contributed by atoms with Gasteiger partial charge in [-0.1, -0.05) is 13.8 Å². The Hall–Kier alpha value is -1.09. The summed E-state index contributed by atoms with van der Waals surface area (Å²) >= 11 is 0. The molecule has 0 saturated heterocycles. The molecule has 0 atom stereocenters. The Morgan fingerprint density at radius 1 is 1.32 bits per heavy atom. The van der Waals surface area contributed by atoms with Crippen LogP contribution in [0.25, 0.3) is 0 Å². The fraction of sp³-hybridized carbons (Fsp3) is 0.688. The molecule has 0 bridgehead atoms. The number of aromatic nitrogens is 1. The molecule has 1 aromatic rings. The summed E-state index contributed by atoms with van der Waals surface area (Å²) < 4.78 is 6.19. The lowest BCUT2D eigenvalue weighted by atomic mass is 9.89. The summed E-state index contributed by atoms with van der Waals surface area (Å²) in [4.78, 5) is 4.21. The molecule has 2 rings (SSSR count). The summed E-state index contributed by atoms with van der Waals surface area (Å²) in [7, 11) is 0. The highest BCUT2D eigenvalue weighted by atomic mass is 16.5. The highest BCUT2D eigenvalue weighted by Gasteiger charge is 2.20. The molecule has 0 aliphatic heterocycles. The van der Waals surface area contributed by atoms with E-state index in [9.17, 15) is 0 Å². The van der Waals surface area contributed by atoms with Crippen molar-refractivity contribution in [3.63, 3.8) is 0 Å². The molecule has 0 radical (unpaired) electrons. The van der Waals surface area contributed by atoms with Gasteiger partial charge in [0.25, 0.3) is 0 Å². The lowest BCUT2D eigenvalue weighted by Crippen LogP contribution is -2.24. The van der Waals surface area contributed by atoms with Crippen molar-refractivity contribution in [3.05, 3.63) is 24.0 Å². The molecular weight excluding hydrogens is 236 g/mol. The van der Waals surface area contributed by atoms with Crippen LogP contribution < -0.4 is 10.1 Å². The Morgan fingerprint density at radius 2 is 2.11 bits per heavy atom. The topological polar surface area (TPSA) is 34.2 Å². The first-order valence-corrected chi connectivity index (χ1v) is 7.60. The Kier molecular flexibility index (Phi) is 5.64. The SMILES string of the molecule is CCCNCc1cnccc1OC1CCC(C)CC1. The van der Waals surface area contributed by atoms with Gasteiger partial charge in [-0.15, -0.1) is 0 Å². The third-order valence-electron chi connectivity index (χ3n) is 3.86. The van der Waals surface area contributed by atoms with Gasteiger partial charge in [0.1, 0.15) is 5.75 Å². The lowest BCUT2D eigenvalue weighted by Gasteiger charge is -2.27. The number of nitrogens with zero attached hydrogens (tertiary/aromatic N) is 1. The molecular formula is C16H26N2O. The van der Waals surface area contributed by atoms with Gasteiger partial charge in [-0.2, -0.15) is 0 Å². The quantitative estimate of drug-likeness (QED) is 0.796. The van der Waals surface area contributed by atoms with E-state index in [2.05, 4.69) is 24.1 Å². The van der Waals surface area contributed by atoms with Crippen molar-refractivity contribution in [2.24, 2.45) is 5.92 Å². The van der Waals surface area contributed by atoms with Crippen LogP contribution in [0.15, 0.2) is 18.5 Å². The molecule has 0 amide bonds. The van der Waals surface area contributed by atoms with Crippen LogP contribution in [0, 0.1) is 5.92 Å². The first-order chi connectivity index (χ1) is 9.29. The molecule has 1 aliphatic rings. The van der Waals surface area contributed by atoms with Gasteiger partial charge in [-0.25, -0.2) is 0 Å². The van der Waals surface area contributed by atoms with Crippen molar-refractivity contribution in [2.75, 3.05) is 6.54 Å². The van der Waals surface area contributed by atoms with Crippen LogP contribution in [0.1, 0.15) is 51.5 Å². The average Bonchev–Trinajstić information content (AvgIpc) is 2.43. The van der Waals surface area contributed by atoms with E-state index in [1.54, 1.807) is 0 Å². The van der Waals surface area contributed by atoms with E-state index >= 15 is 0 Å². The van der Waals surface area contributed by atoms with Crippen LogP contribution in [0.5, 0.6) is 5.75 Å². The summed E-state index contributed by atoms with van der Waals surface area (Å²) in [6, 6.07) is 2.00. The molecule has 1 saturated carbocycles. The van der Waals surface area contributed by atoms with Crippen molar-refractivity contribution in [1.29, 1.82) is 0 Å². The van der Waals surface area contributed by atoms with Crippen LogP contribution in [-0.2, 0) is 6.54 Å². The summed E-state index contributed by atoms with van der Waals surface area (Å²) in [6.45, 7) is 6.40. The first kappa shape index (κ1) is 14.3. The maximum Gasteiger partial charge on any atom is 0.127 e. The third-order valence-corrected chi connectivity index (χ3v) is 3.86. The van der Waals surface area contributed by atoms with E-state index in [0.29, 0.717) is 6.10 Å². The number of pyridine rings is 1. The van der Waals surface area contributed by atoms with Crippen molar-refractivity contribution in [1.82, 2.24) is 10.3 Å². The predicted octanol–water partition coefficient (Wildman–Crippen LogP) is 3.54. The van der Waals surface area contributed by atoms with Crippen LogP contribution in [-0.4, -0.2) is 17.6 Å². The molecule has 106 valence electrons. The number of hydrogen-bond donors (Lipinski definition) is 1. The van der Waals surface area contributed by atoms with Gasteiger partial charge in [0.2, 0.25) is 0 Å². The second kappa shape index (κ2) is 7.49. The van der Waals surface area contributed by atoms with Crippen LogP contribution in [0.3, 0.4) is 0 Å². The van der Waals surface area contributed by atoms with Crippen molar-refractivity contribution < 1.29 is 4.74 Å². The monoisotopic (exact) mass is 262 g/mol. The first-order valence-electron chi connectivity index (χ1n) is 7.60. The predicted molar refractivity (Wildman–Crippen MR) is 78.3 cm³/mol. The molecule has 1 fully saturated rings. The standard InChI is InChI=1S/C16H26N2O/c1-3-9-17-11-14-12-18-10-8-16(14)19-15-6-4-13(2)5-7-15/h8,10,12-13,15,17H,3-7,9,11H2,1-2H3. The zero-order chi connectivity index (χ0) is 13.5. The molecule has 1 heterocycles. The number of hydrogen-bond acceptors (Lipinski definition) is 3. The molecule has 19 heavy (non-hydrogen) atoms. The van der Waals surface area contributed by atoms with Crippen LogP contribution in [0.2, 0.25) is 0 Å². The number of rotatable bonds is 6. The van der Waals surface area contributed by atoms with E-state index in [-0.39, 0.29) is 0 Å². The second-order valence-corrected chi connectivity index (χ2v) is 5.66. The number of nitrogens with one attached hydrogen (secondary N) is 1. The molecule has 3 nitrogen and oxygen atoms in total. The average molecular weight is 262 g/mol. The van der Waals surface area contributed by atoms with Crippen molar-refractivity contribution >= 4 is 0 Å². The minimum absolute atomic E-state index is 0.392. The van der Waals surface area contributed by atoms with E-state index in [4.69, 9.17) is 4.74 Å². The van der Waals surface area contributed by atoms with Crippen molar-refractivity contribution in [2.45, 2.75) is 58.6 Å². The zero-order valence-electron chi connectivity index (χ0n) is 12.2. The van der Waals surface area contributed by atoms with E-state index < -0.39 is 0 Å². The van der Waals surface area contributed by atoms with Gasteiger partial charge < -0.3 is 10.1 Å². The fourth-order valence-corrected chi connectivity index (χ4v) is 2.59. The van der Waals surface area contributed by atoms with Crippen LogP contribution in [0.4, 0.5) is 0 Å². The maximum atomic E-state index is 6.19. The molecule has 1 aliphatic carbocycles. The smallest absolute Gasteiger partial charge is 0.127 e. The molecule has 0 unspecified atom stereocenters. The maximum absolute atomic E-state index is 6.19. The minimum Gasteiger partial charge on any atom is -0.490 e. The van der Waals surface area contributed by atoms with Gasteiger partial charge in [0.05, 0.1) is 6.10 Å². The van der Waals surface area contributed by atoms with E-state index in [1.165, 1.54) is 31.2 Å². The molecule has 3 heteroatoms. The second-order valence-electron chi connectivity index (χ2n) is 5.66. The Morgan fingerprint density at radius 3 is 2.84 bits per heavy atom. The number of ether oxygens (including phenoxy) is 1. The molecule has 1 aromatic heterocycles. The van der Waals surface area contributed by atoms with Gasteiger partial charge in [0.15, 0.2) is 0 Å². The zero-order valence-corrected chi connectivity index (χ0v) is 12.2. The summed E-state index contributed by atoms with van der Waals surface area (Å²) in [5, 5.41) is 3.42. The van der Waals surface area contributed by atoms with Gasteiger partial charge in [0, 0.05) is 24.5 Å². The van der Waals surface area contributed by atoms with Gasteiger partial charge in [-0.3, -0.25) is 4.98 Å². The Labute approximate surface area is 116 Å². The summed E-state index contributed by atoms with van der Waals surface area (Å²) in [5.41, 5.74) is 1.18. The normalized spacial score (nSPS) is 23.3. The van der Waals surface area contributed by atoms with Gasteiger partial charge >= 0.3 is 0 Å². The summed E-state index contributed by atoms with van der Waals surface area (Å²) in [5.74, 6) is 1.88. The van der Waals surface area contributed by atoms with E-state index in [1.807, 2.05) is 18.5 Å². The lowest BCUT2D eigenvalue weighted by molar-refractivity contribution is 0.134. The Balaban J connectivity index is 1.91. The highest BCUT2D eigenvalue weighted by molar-refractivity contribution is 5.30. The van der Waals surface area contributed by atoms with E-state index in [0.717, 1.165) is 31.2 Å². The fourth-order valence-electron chi connectivity index (χ4n) is 2.59. The third kappa shape index (κ3) is 4.50. The van der Waals surface area contributed by atoms with Gasteiger partial charge in [-0.05, 0) is 50.6 Å². The highest BCUT2D eigenvalue weighted by Crippen LogP contribution is 2.28. The summed E-state index contributed by atoms with van der Waals surface area (Å²) in [6.07, 6.45) is 10.2. The molecule has 0 spiro atoms. The van der Waals surface area contributed by atoms with Crippen LogP contribution >= 0.6 is 0 Å². The van der Waals surface area contributed by atoms with Crippen molar-refractivity contribution in [3.8, 4) is 5.75 Å².